The fourth-order valence-corrected chi connectivity index (χ4v) is 5.45. The first-order valence-corrected chi connectivity index (χ1v) is 13.5. The number of piperazine rings is 1. The minimum absolute atomic E-state index is 0.00562. The fourth-order valence-electron chi connectivity index (χ4n) is 5.45. The van der Waals surface area contributed by atoms with Crippen LogP contribution >= 0.6 is 0 Å². The minimum atomic E-state index is -0.728. The van der Waals surface area contributed by atoms with Crippen molar-refractivity contribution in [2.24, 2.45) is 0 Å². The van der Waals surface area contributed by atoms with Crippen LogP contribution in [0.1, 0.15) is 16.7 Å². The Morgan fingerprint density at radius 1 is 0.900 bits per heavy atom. The van der Waals surface area contributed by atoms with Crippen molar-refractivity contribution in [3.05, 3.63) is 102 Å². The second-order valence-corrected chi connectivity index (χ2v) is 10.2. The first-order chi connectivity index (χ1) is 19.4. The Kier molecular flexibility index (Phi) is 8.31. The number of benzene rings is 3. The van der Waals surface area contributed by atoms with Gasteiger partial charge in [0, 0.05) is 26.6 Å². The third kappa shape index (κ3) is 5.94. The van der Waals surface area contributed by atoms with Gasteiger partial charge in [-0.05, 0) is 35.2 Å². The number of ether oxygens (including phenoxy) is 1. The molecule has 40 heavy (non-hydrogen) atoms. The lowest BCUT2D eigenvalue weighted by atomic mass is 9.98. The maximum Gasteiger partial charge on any atom is 0.334 e. The molecule has 3 aromatic rings. The smallest absolute Gasteiger partial charge is 0.334 e. The quantitative estimate of drug-likeness (QED) is 0.474. The number of hydrogen-bond acceptors (Lipinski definition) is 5. The van der Waals surface area contributed by atoms with Gasteiger partial charge in [-0.3, -0.25) is 9.59 Å². The zero-order valence-corrected chi connectivity index (χ0v) is 22.9. The molecule has 0 aromatic heterocycles. The largest absolute Gasteiger partial charge is 0.497 e. The van der Waals surface area contributed by atoms with Gasteiger partial charge in [-0.15, -0.1) is 0 Å². The molecule has 2 fully saturated rings. The zero-order chi connectivity index (χ0) is 28.1. The highest BCUT2D eigenvalue weighted by atomic mass is 16.5. The molecule has 2 aliphatic rings. The van der Waals surface area contributed by atoms with Gasteiger partial charge in [0.05, 0.1) is 20.2 Å². The van der Waals surface area contributed by atoms with E-state index in [9.17, 15) is 14.4 Å². The number of amides is 4. The summed E-state index contributed by atoms with van der Waals surface area (Å²) in [6.45, 7) is 1.09. The normalized spacial score (nSPS) is 19.4. The van der Waals surface area contributed by atoms with E-state index in [4.69, 9.17) is 4.74 Å². The molecule has 5 rings (SSSR count). The molecular formula is C31H35N5O4. The van der Waals surface area contributed by atoms with Gasteiger partial charge in [-0.2, -0.15) is 0 Å². The van der Waals surface area contributed by atoms with E-state index in [1.807, 2.05) is 84.9 Å². The molecule has 0 unspecified atom stereocenters. The van der Waals surface area contributed by atoms with Crippen LogP contribution in [-0.2, 0) is 29.0 Å². The molecule has 2 heterocycles. The second-order valence-electron chi connectivity index (χ2n) is 10.2. The maximum absolute atomic E-state index is 13.9. The fraction of sp³-hybridized carbons (Fsp3) is 0.323. The molecule has 0 radical (unpaired) electrons. The Morgan fingerprint density at radius 3 is 2.20 bits per heavy atom. The van der Waals surface area contributed by atoms with Crippen molar-refractivity contribution in [2.75, 3.05) is 33.8 Å². The van der Waals surface area contributed by atoms with Gasteiger partial charge in [-0.1, -0.05) is 72.8 Å². The van der Waals surface area contributed by atoms with Gasteiger partial charge in [0.2, 0.25) is 11.8 Å². The van der Waals surface area contributed by atoms with Crippen LogP contribution in [0.4, 0.5) is 4.79 Å². The standard InChI is InChI=1S/C31H35N5O4/c1-33-22-29(37)35-27(19-24-13-15-26(40-2)16-14-24)30(38)34(18-17-23-9-5-3-6-10-23)21-28(35)36(33)31(39)32-20-25-11-7-4-8-12-25/h3-16,27-28H,17-22H2,1-2H3,(H,32,39)/t27-,28-/m0/s1. The lowest BCUT2D eigenvalue weighted by Gasteiger charge is -2.54. The van der Waals surface area contributed by atoms with E-state index in [0.717, 1.165) is 22.4 Å². The maximum atomic E-state index is 13.9. The van der Waals surface area contributed by atoms with Crippen molar-refractivity contribution in [2.45, 2.75) is 31.6 Å². The van der Waals surface area contributed by atoms with Crippen molar-refractivity contribution in [3.8, 4) is 5.75 Å². The summed E-state index contributed by atoms with van der Waals surface area (Å²) >= 11 is 0. The lowest BCUT2D eigenvalue weighted by molar-refractivity contribution is -0.186. The van der Waals surface area contributed by atoms with E-state index in [1.54, 1.807) is 34.0 Å². The molecule has 2 atom stereocenters. The van der Waals surface area contributed by atoms with E-state index < -0.39 is 12.2 Å². The molecule has 208 valence electrons. The van der Waals surface area contributed by atoms with Crippen LogP contribution in [0.3, 0.4) is 0 Å². The number of nitrogens with zero attached hydrogens (tertiary/aromatic N) is 4. The molecule has 0 bridgehead atoms. The highest BCUT2D eigenvalue weighted by Gasteiger charge is 2.50. The average molecular weight is 542 g/mol. The van der Waals surface area contributed by atoms with E-state index in [1.165, 1.54) is 0 Å². The van der Waals surface area contributed by atoms with Gasteiger partial charge < -0.3 is 19.9 Å². The van der Waals surface area contributed by atoms with Gasteiger partial charge in [-0.25, -0.2) is 14.8 Å². The Hall–Kier alpha value is -4.37. The molecular weight excluding hydrogens is 506 g/mol. The Bertz CT molecular complexity index is 1320. The molecule has 0 aliphatic carbocycles. The molecule has 9 heteroatoms. The van der Waals surface area contributed by atoms with Crippen LogP contribution in [0.25, 0.3) is 0 Å². The number of methoxy groups -OCH3 is 1. The molecule has 0 spiro atoms. The highest BCUT2D eigenvalue weighted by molar-refractivity contribution is 5.91. The summed E-state index contributed by atoms with van der Waals surface area (Å²) in [6, 6.07) is 26.2. The predicted molar refractivity (Wildman–Crippen MR) is 151 cm³/mol. The molecule has 3 aromatic carbocycles. The van der Waals surface area contributed by atoms with Gasteiger partial charge in [0.1, 0.15) is 18.0 Å². The SMILES string of the molecule is COc1ccc(C[C@H]2C(=O)N(CCc3ccccc3)C[C@H]3N2C(=O)CN(C)N3C(=O)NCc2ccccc2)cc1. The Labute approximate surface area is 234 Å². The van der Waals surface area contributed by atoms with Crippen molar-refractivity contribution in [1.29, 1.82) is 0 Å². The highest BCUT2D eigenvalue weighted by Crippen LogP contribution is 2.28. The van der Waals surface area contributed by atoms with Gasteiger partial charge in [0.15, 0.2) is 0 Å². The number of nitrogens with one attached hydrogen (secondary N) is 1. The summed E-state index contributed by atoms with van der Waals surface area (Å²) < 4.78 is 5.29. The Balaban J connectivity index is 1.42. The summed E-state index contributed by atoms with van der Waals surface area (Å²) in [5.74, 6) is 0.442. The second kappa shape index (κ2) is 12.2. The van der Waals surface area contributed by atoms with Crippen molar-refractivity contribution in [3.63, 3.8) is 0 Å². The van der Waals surface area contributed by atoms with Crippen LogP contribution in [0.15, 0.2) is 84.9 Å². The summed E-state index contributed by atoms with van der Waals surface area (Å²) in [7, 11) is 3.34. The number of carbonyl (C=O) groups excluding carboxylic acids is 3. The average Bonchev–Trinajstić information content (AvgIpc) is 2.98. The third-order valence-corrected chi connectivity index (χ3v) is 7.54. The van der Waals surface area contributed by atoms with Crippen LogP contribution < -0.4 is 10.1 Å². The topological polar surface area (TPSA) is 85.4 Å². The number of fused-ring (bicyclic) bond motifs is 1. The van der Waals surface area contributed by atoms with E-state index in [2.05, 4.69) is 5.32 Å². The minimum Gasteiger partial charge on any atom is -0.497 e. The summed E-state index contributed by atoms with van der Waals surface area (Å²) in [5, 5.41) is 6.24. The van der Waals surface area contributed by atoms with Gasteiger partial charge in [0.25, 0.3) is 0 Å². The third-order valence-electron chi connectivity index (χ3n) is 7.54. The lowest BCUT2D eigenvalue weighted by Crippen LogP contribution is -2.76. The van der Waals surface area contributed by atoms with E-state index in [-0.39, 0.29) is 30.9 Å². The molecule has 2 saturated heterocycles. The zero-order valence-electron chi connectivity index (χ0n) is 22.9. The number of likely N-dealkylation sites (N-methyl/N-ethyl adjacent to an activating group) is 1. The summed E-state index contributed by atoms with van der Waals surface area (Å²) in [4.78, 5) is 44.4. The van der Waals surface area contributed by atoms with Crippen LogP contribution in [-0.4, -0.2) is 83.7 Å². The number of hydrazine groups is 1. The van der Waals surface area contributed by atoms with Crippen LogP contribution in [0.5, 0.6) is 5.75 Å². The van der Waals surface area contributed by atoms with E-state index >= 15 is 0 Å². The summed E-state index contributed by atoms with van der Waals surface area (Å²) in [6.07, 6.45) is 0.396. The number of urea groups is 1. The predicted octanol–water partition coefficient (Wildman–Crippen LogP) is 2.92. The molecule has 2 aliphatic heterocycles. The molecule has 9 nitrogen and oxygen atoms in total. The molecule has 4 amide bonds. The van der Waals surface area contributed by atoms with Crippen molar-refractivity contribution in [1.82, 2.24) is 25.1 Å². The first kappa shape index (κ1) is 27.2. The summed E-state index contributed by atoms with van der Waals surface area (Å²) in [5.41, 5.74) is 3.01. The number of carbonyl (C=O) groups is 3. The molecule has 0 saturated carbocycles. The number of hydrogen-bond donors (Lipinski definition) is 1. The molecule has 1 N–H and O–H groups in total. The van der Waals surface area contributed by atoms with Crippen LogP contribution in [0.2, 0.25) is 0 Å². The van der Waals surface area contributed by atoms with Crippen LogP contribution in [0, 0.1) is 0 Å². The number of rotatable bonds is 8. The van der Waals surface area contributed by atoms with Crippen molar-refractivity contribution < 1.29 is 19.1 Å². The van der Waals surface area contributed by atoms with E-state index in [0.29, 0.717) is 25.9 Å². The first-order valence-electron chi connectivity index (χ1n) is 13.5. The van der Waals surface area contributed by atoms with Gasteiger partial charge >= 0.3 is 6.03 Å². The Morgan fingerprint density at radius 2 is 1.55 bits per heavy atom. The monoisotopic (exact) mass is 541 g/mol. The van der Waals surface area contributed by atoms with Crippen molar-refractivity contribution >= 4 is 17.8 Å².